The van der Waals surface area contributed by atoms with Crippen LogP contribution in [0, 0.1) is 16.2 Å². The molecule has 5 rings (SSSR count). The summed E-state index contributed by atoms with van der Waals surface area (Å²) in [6.45, 7) is 5.65. The van der Waals surface area contributed by atoms with E-state index >= 15 is 0 Å². The van der Waals surface area contributed by atoms with Crippen molar-refractivity contribution in [1.82, 2.24) is 20.2 Å². The molecule has 1 saturated heterocycles. The Bertz CT molecular complexity index is 798. The fraction of sp³-hybridized carbons (Fsp3) is 0.765. The van der Waals surface area contributed by atoms with E-state index in [1.54, 1.807) is 7.05 Å². The first-order chi connectivity index (χ1) is 11.9. The fourth-order valence-corrected chi connectivity index (χ4v) is 5.79. The molecule has 3 fully saturated rings. The number of rotatable bonds is 2. The lowest BCUT2D eigenvalue weighted by molar-refractivity contribution is -0.243. The van der Waals surface area contributed by atoms with Gasteiger partial charge in [-0.1, -0.05) is 25.0 Å². The van der Waals surface area contributed by atoms with Crippen molar-refractivity contribution < 1.29 is 14.3 Å². The fourth-order valence-electron chi connectivity index (χ4n) is 5.79. The summed E-state index contributed by atoms with van der Waals surface area (Å²) >= 11 is 0. The number of fused-ring (bicyclic) bond motifs is 1. The molecule has 0 radical (unpaired) electrons. The molecule has 25 heavy (non-hydrogen) atoms. The number of hydrogen-bond donors (Lipinski definition) is 1. The van der Waals surface area contributed by atoms with E-state index in [0.717, 1.165) is 25.7 Å². The predicted octanol–water partition coefficient (Wildman–Crippen LogP) is 1.42. The minimum absolute atomic E-state index is 0.0827. The third-order valence-electron chi connectivity index (χ3n) is 7.35. The number of allylic oxidation sites excluding steroid dienone is 2. The van der Waals surface area contributed by atoms with Crippen LogP contribution in [0.1, 0.15) is 39.5 Å². The van der Waals surface area contributed by atoms with Gasteiger partial charge < -0.3 is 14.8 Å². The molecule has 0 aromatic carbocycles. The maximum Gasteiger partial charge on any atom is 0.267 e. The number of nitrogens with zero attached hydrogens (tertiary/aromatic N) is 4. The van der Waals surface area contributed by atoms with Crippen molar-refractivity contribution in [3.63, 3.8) is 0 Å². The van der Waals surface area contributed by atoms with Crippen LogP contribution in [0.25, 0.3) is 0 Å². The average molecular weight is 345 g/mol. The highest BCUT2D eigenvalue weighted by Crippen LogP contribution is 2.84. The molecule has 2 spiro atoms. The Morgan fingerprint density at radius 3 is 2.68 bits per heavy atom. The number of Topliss-reactive ketones (excluding diaryl/α,β-unsaturated/α-hetero) is 1. The summed E-state index contributed by atoms with van der Waals surface area (Å²) in [7, 11) is 1.70. The van der Waals surface area contributed by atoms with Gasteiger partial charge in [0.15, 0.2) is 11.6 Å². The molecule has 3 atom stereocenters. The van der Waals surface area contributed by atoms with Gasteiger partial charge >= 0.3 is 0 Å². The lowest BCUT2D eigenvalue weighted by Gasteiger charge is -2.52. The standard InChI is InChI=1S/C17H23N5O3/c1-14-6-7-17(24-8-9-25-17)15(2)10-16(14,15)5-4-11(12(14)23)18-13-19-21-22(3)20-13/h4H,5-10H2,1-3H3,(H,18,20)/t14-,15?,16+/m1/s1. The predicted molar refractivity (Wildman–Crippen MR) is 87.3 cm³/mol. The van der Waals surface area contributed by atoms with Gasteiger partial charge in [-0.3, -0.25) is 4.79 Å². The van der Waals surface area contributed by atoms with Crippen molar-refractivity contribution >= 4 is 11.7 Å². The maximum atomic E-state index is 13.4. The summed E-state index contributed by atoms with van der Waals surface area (Å²) in [6.07, 6.45) is 5.34. The molecule has 1 N–H and O–H groups in total. The molecule has 1 aliphatic heterocycles. The van der Waals surface area contributed by atoms with E-state index < -0.39 is 11.2 Å². The molecule has 0 amide bonds. The van der Waals surface area contributed by atoms with Crippen LogP contribution in [-0.2, 0) is 21.3 Å². The first-order valence-corrected chi connectivity index (χ1v) is 8.90. The summed E-state index contributed by atoms with van der Waals surface area (Å²) in [5, 5.41) is 14.9. The quantitative estimate of drug-likeness (QED) is 0.866. The van der Waals surface area contributed by atoms with Crippen molar-refractivity contribution in [2.45, 2.75) is 45.3 Å². The highest BCUT2D eigenvalue weighted by molar-refractivity contribution is 6.03. The van der Waals surface area contributed by atoms with Gasteiger partial charge in [-0.2, -0.15) is 4.80 Å². The Morgan fingerprint density at radius 2 is 2.00 bits per heavy atom. The van der Waals surface area contributed by atoms with Crippen molar-refractivity contribution in [2.24, 2.45) is 23.3 Å². The first kappa shape index (κ1) is 15.5. The van der Waals surface area contributed by atoms with E-state index in [9.17, 15) is 4.79 Å². The topological polar surface area (TPSA) is 91.2 Å². The monoisotopic (exact) mass is 345 g/mol. The molecule has 3 aliphatic carbocycles. The normalized spacial score (nSPS) is 41.2. The minimum atomic E-state index is -0.502. The SMILES string of the molecule is Cn1nnc(NC2=CC[C@@]34CC3(C)C3(CC[C@]4(C)C2=O)OCCO3)n1. The Balaban J connectivity index is 1.50. The molecule has 8 nitrogen and oxygen atoms in total. The summed E-state index contributed by atoms with van der Waals surface area (Å²) in [4.78, 5) is 14.7. The lowest BCUT2D eigenvalue weighted by atomic mass is 9.55. The number of anilines is 1. The second kappa shape index (κ2) is 4.48. The van der Waals surface area contributed by atoms with Crippen LogP contribution in [0.15, 0.2) is 11.8 Å². The first-order valence-electron chi connectivity index (χ1n) is 8.90. The second-order valence-corrected chi connectivity index (χ2v) is 8.25. The van der Waals surface area contributed by atoms with Crippen LogP contribution in [-0.4, -0.2) is 45.0 Å². The number of hydrogen-bond acceptors (Lipinski definition) is 7. The van der Waals surface area contributed by atoms with Crippen LogP contribution < -0.4 is 5.32 Å². The summed E-state index contributed by atoms with van der Waals surface area (Å²) in [5.41, 5.74) is -0.0200. The van der Waals surface area contributed by atoms with Gasteiger partial charge in [0, 0.05) is 17.3 Å². The van der Waals surface area contributed by atoms with Crippen molar-refractivity contribution in [3.8, 4) is 0 Å². The van der Waals surface area contributed by atoms with Crippen LogP contribution in [0.3, 0.4) is 0 Å². The lowest BCUT2D eigenvalue weighted by Crippen LogP contribution is -2.56. The smallest absolute Gasteiger partial charge is 0.267 e. The van der Waals surface area contributed by atoms with Gasteiger partial charge in [-0.25, -0.2) is 0 Å². The molecule has 8 heteroatoms. The van der Waals surface area contributed by atoms with Gasteiger partial charge in [0.05, 0.1) is 26.0 Å². The van der Waals surface area contributed by atoms with Crippen LogP contribution in [0.2, 0.25) is 0 Å². The van der Waals surface area contributed by atoms with Gasteiger partial charge in [-0.05, 0) is 29.9 Å². The van der Waals surface area contributed by atoms with E-state index in [0.29, 0.717) is 24.9 Å². The van der Waals surface area contributed by atoms with Gasteiger partial charge in [-0.15, -0.1) is 5.10 Å². The number of nitrogens with one attached hydrogen (secondary N) is 1. The number of carbonyl (C=O) groups is 1. The molecular formula is C17H23N5O3. The Labute approximate surface area is 145 Å². The third kappa shape index (κ3) is 1.65. The average Bonchev–Trinajstić information content (AvgIpc) is 2.94. The van der Waals surface area contributed by atoms with Crippen molar-refractivity contribution in [1.29, 1.82) is 0 Å². The van der Waals surface area contributed by atoms with Gasteiger partial charge in [0.2, 0.25) is 0 Å². The minimum Gasteiger partial charge on any atom is -0.347 e. The summed E-state index contributed by atoms with van der Waals surface area (Å²) in [5.74, 6) is -0.00407. The van der Waals surface area contributed by atoms with Crippen molar-refractivity contribution in [2.75, 3.05) is 18.5 Å². The summed E-state index contributed by atoms with van der Waals surface area (Å²) in [6, 6.07) is 0. The van der Waals surface area contributed by atoms with Crippen LogP contribution >= 0.6 is 0 Å². The molecule has 1 aromatic rings. The molecular weight excluding hydrogens is 322 g/mol. The Hall–Kier alpha value is -1.80. The molecule has 2 heterocycles. The van der Waals surface area contributed by atoms with Crippen LogP contribution in [0.4, 0.5) is 5.95 Å². The van der Waals surface area contributed by atoms with Gasteiger partial charge in [0.1, 0.15) is 0 Å². The van der Waals surface area contributed by atoms with E-state index in [1.165, 1.54) is 4.80 Å². The number of ketones is 1. The largest absolute Gasteiger partial charge is 0.347 e. The zero-order valence-electron chi connectivity index (χ0n) is 14.8. The number of aromatic nitrogens is 4. The maximum absolute atomic E-state index is 13.4. The van der Waals surface area contributed by atoms with E-state index in [2.05, 4.69) is 34.6 Å². The molecule has 4 aliphatic rings. The van der Waals surface area contributed by atoms with E-state index in [1.807, 2.05) is 6.08 Å². The zero-order chi connectivity index (χ0) is 17.5. The highest BCUT2D eigenvalue weighted by atomic mass is 16.7. The Morgan fingerprint density at radius 1 is 1.24 bits per heavy atom. The van der Waals surface area contributed by atoms with Crippen molar-refractivity contribution in [3.05, 3.63) is 11.8 Å². The number of aryl methyl sites for hydroxylation is 1. The third-order valence-corrected chi connectivity index (χ3v) is 7.35. The van der Waals surface area contributed by atoms with E-state index in [-0.39, 0.29) is 16.6 Å². The van der Waals surface area contributed by atoms with Crippen LogP contribution in [0.5, 0.6) is 0 Å². The zero-order valence-corrected chi connectivity index (χ0v) is 14.8. The Kier molecular flexibility index (Phi) is 2.77. The summed E-state index contributed by atoms with van der Waals surface area (Å²) < 4.78 is 12.2. The molecule has 2 saturated carbocycles. The molecule has 134 valence electrons. The van der Waals surface area contributed by atoms with Gasteiger partial charge in [0.25, 0.3) is 5.95 Å². The number of carbonyl (C=O) groups excluding carboxylic acids is 1. The molecule has 1 aromatic heterocycles. The highest BCUT2D eigenvalue weighted by Gasteiger charge is 2.84. The second-order valence-electron chi connectivity index (χ2n) is 8.25. The van der Waals surface area contributed by atoms with E-state index in [4.69, 9.17) is 9.47 Å². The number of tetrazole rings is 1. The molecule has 0 bridgehead atoms. The number of ether oxygens (including phenoxy) is 2. The molecule has 1 unspecified atom stereocenters.